The quantitative estimate of drug-likeness (QED) is 0.605. The van der Waals surface area contributed by atoms with Crippen LogP contribution >= 0.6 is 0 Å². The molecule has 2 nitrogen and oxygen atoms in total. The highest BCUT2D eigenvalue weighted by Gasteiger charge is 2.04. The second kappa shape index (κ2) is 6.71. The zero-order valence-corrected chi connectivity index (χ0v) is 11.7. The summed E-state index contributed by atoms with van der Waals surface area (Å²) < 4.78 is 5.30. The molecule has 0 heterocycles. The van der Waals surface area contributed by atoms with E-state index in [-0.39, 0.29) is 11.9 Å². The lowest BCUT2D eigenvalue weighted by molar-refractivity contribution is -0.133. The monoisotopic (exact) mass is 266 g/mol. The van der Waals surface area contributed by atoms with Crippen molar-refractivity contribution in [2.75, 3.05) is 0 Å². The molecule has 20 heavy (non-hydrogen) atoms. The van der Waals surface area contributed by atoms with Crippen LogP contribution in [0.2, 0.25) is 0 Å². The predicted molar refractivity (Wildman–Crippen MR) is 81.8 cm³/mol. The molecule has 0 N–H and O–H groups in total. The first-order valence-electron chi connectivity index (χ1n) is 6.67. The number of benzene rings is 1. The van der Waals surface area contributed by atoms with Crippen molar-refractivity contribution in [3.8, 4) is 0 Å². The molecule has 1 unspecified atom stereocenters. The van der Waals surface area contributed by atoms with E-state index in [0.717, 1.165) is 5.56 Å². The summed E-state index contributed by atoms with van der Waals surface area (Å²) in [6.07, 6.45) is 12.8. The Kier molecular flexibility index (Phi) is 4.72. The van der Waals surface area contributed by atoms with Crippen LogP contribution in [0.1, 0.15) is 18.1 Å². The topological polar surface area (TPSA) is 26.3 Å². The standard InChI is InChI=1S/C18H18O2/c1-14-7-9-16(10-8-14)11-12-18(19)20-17-6-4-3-5-15(2)13-17/h3-13,15H,1-2H3/b12-11+. The second-order valence-electron chi connectivity index (χ2n) is 4.84. The van der Waals surface area contributed by atoms with Gasteiger partial charge in [0.25, 0.3) is 0 Å². The highest BCUT2D eigenvalue weighted by molar-refractivity contribution is 5.87. The van der Waals surface area contributed by atoms with E-state index >= 15 is 0 Å². The van der Waals surface area contributed by atoms with E-state index in [1.165, 1.54) is 11.6 Å². The van der Waals surface area contributed by atoms with Crippen molar-refractivity contribution in [3.05, 3.63) is 77.6 Å². The Morgan fingerprint density at radius 2 is 1.95 bits per heavy atom. The molecule has 0 fully saturated rings. The zero-order chi connectivity index (χ0) is 14.4. The van der Waals surface area contributed by atoms with E-state index in [4.69, 9.17) is 4.74 Å². The van der Waals surface area contributed by atoms with Crippen LogP contribution in [-0.4, -0.2) is 5.97 Å². The molecule has 2 heteroatoms. The van der Waals surface area contributed by atoms with Crippen LogP contribution in [0.5, 0.6) is 0 Å². The number of aryl methyl sites for hydroxylation is 1. The SMILES string of the molecule is Cc1ccc(/C=C/C(=O)OC2=CC(C)C=CC=C2)cc1. The fourth-order valence-electron chi connectivity index (χ4n) is 1.82. The van der Waals surface area contributed by atoms with Gasteiger partial charge in [-0.1, -0.05) is 55.0 Å². The van der Waals surface area contributed by atoms with Crippen molar-refractivity contribution < 1.29 is 9.53 Å². The van der Waals surface area contributed by atoms with E-state index in [1.54, 1.807) is 12.2 Å². The highest BCUT2D eigenvalue weighted by Crippen LogP contribution is 2.12. The minimum absolute atomic E-state index is 0.258. The smallest absolute Gasteiger partial charge is 0.336 e. The van der Waals surface area contributed by atoms with Gasteiger partial charge < -0.3 is 4.74 Å². The number of esters is 1. The van der Waals surface area contributed by atoms with Gasteiger partial charge in [0.05, 0.1) is 0 Å². The average molecular weight is 266 g/mol. The number of hydrogen-bond donors (Lipinski definition) is 0. The first kappa shape index (κ1) is 14.1. The third kappa shape index (κ3) is 4.39. The summed E-state index contributed by atoms with van der Waals surface area (Å²) in [7, 11) is 0. The molecule has 0 aromatic heterocycles. The molecule has 0 amide bonds. The van der Waals surface area contributed by atoms with Crippen molar-refractivity contribution in [1.82, 2.24) is 0 Å². The van der Waals surface area contributed by atoms with Crippen LogP contribution < -0.4 is 0 Å². The van der Waals surface area contributed by atoms with Gasteiger partial charge in [0.15, 0.2) is 0 Å². The van der Waals surface area contributed by atoms with Crippen LogP contribution in [0, 0.1) is 12.8 Å². The third-order valence-corrected chi connectivity index (χ3v) is 2.92. The average Bonchev–Trinajstić information content (AvgIpc) is 2.62. The van der Waals surface area contributed by atoms with Crippen LogP contribution in [0.3, 0.4) is 0 Å². The van der Waals surface area contributed by atoms with Crippen LogP contribution in [0.15, 0.2) is 66.5 Å². The molecule has 2 rings (SSSR count). The summed E-state index contributed by atoms with van der Waals surface area (Å²) in [4.78, 5) is 11.8. The zero-order valence-electron chi connectivity index (χ0n) is 11.7. The van der Waals surface area contributed by atoms with Crippen molar-refractivity contribution >= 4 is 12.0 Å². The Labute approximate surface area is 119 Å². The van der Waals surface area contributed by atoms with Gasteiger partial charge in [0.1, 0.15) is 5.76 Å². The molecule has 102 valence electrons. The fraction of sp³-hybridized carbons (Fsp3) is 0.167. The lowest BCUT2D eigenvalue weighted by Gasteiger charge is -2.03. The molecule has 0 aliphatic heterocycles. The Morgan fingerprint density at radius 1 is 1.20 bits per heavy atom. The van der Waals surface area contributed by atoms with E-state index in [1.807, 2.05) is 62.4 Å². The molecule has 1 aliphatic rings. The fourth-order valence-corrected chi connectivity index (χ4v) is 1.82. The number of hydrogen-bond acceptors (Lipinski definition) is 2. The minimum Gasteiger partial charge on any atom is -0.424 e. The van der Waals surface area contributed by atoms with Crippen molar-refractivity contribution in [3.63, 3.8) is 0 Å². The molecular formula is C18H18O2. The number of allylic oxidation sites excluding steroid dienone is 5. The van der Waals surface area contributed by atoms with Crippen LogP contribution in [0.4, 0.5) is 0 Å². The van der Waals surface area contributed by atoms with E-state index in [2.05, 4.69) is 0 Å². The lowest BCUT2D eigenvalue weighted by atomic mass is 10.1. The van der Waals surface area contributed by atoms with Gasteiger partial charge in [0.2, 0.25) is 0 Å². The molecule has 1 aromatic rings. The highest BCUT2D eigenvalue weighted by atomic mass is 16.5. The first-order valence-corrected chi connectivity index (χ1v) is 6.67. The number of ether oxygens (including phenoxy) is 1. The Bertz CT molecular complexity index is 586. The summed E-state index contributed by atoms with van der Waals surface area (Å²) in [5.41, 5.74) is 2.17. The summed E-state index contributed by atoms with van der Waals surface area (Å²) in [6.45, 7) is 4.07. The maximum absolute atomic E-state index is 11.8. The molecule has 0 bridgehead atoms. The van der Waals surface area contributed by atoms with Crippen LogP contribution in [-0.2, 0) is 9.53 Å². The normalized spacial score (nSPS) is 17.9. The van der Waals surface area contributed by atoms with Gasteiger partial charge >= 0.3 is 5.97 Å². The number of carbonyl (C=O) groups excluding carboxylic acids is 1. The van der Waals surface area contributed by atoms with Crippen LogP contribution in [0.25, 0.3) is 6.08 Å². The molecule has 0 radical (unpaired) electrons. The van der Waals surface area contributed by atoms with Gasteiger partial charge in [0, 0.05) is 6.08 Å². The van der Waals surface area contributed by atoms with Crippen molar-refractivity contribution in [2.24, 2.45) is 5.92 Å². The maximum Gasteiger partial charge on any atom is 0.336 e. The predicted octanol–water partition coefficient (Wildman–Crippen LogP) is 4.20. The summed E-state index contributed by atoms with van der Waals surface area (Å²) >= 11 is 0. The first-order chi connectivity index (χ1) is 9.63. The molecule has 1 aliphatic carbocycles. The lowest BCUT2D eigenvalue weighted by Crippen LogP contribution is -2.00. The molecule has 1 aromatic carbocycles. The summed E-state index contributed by atoms with van der Waals surface area (Å²) in [5, 5.41) is 0. The van der Waals surface area contributed by atoms with E-state index in [9.17, 15) is 4.79 Å². The maximum atomic E-state index is 11.8. The second-order valence-corrected chi connectivity index (χ2v) is 4.84. The van der Waals surface area contributed by atoms with Gasteiger partial charge in [-0.2, -0.15) is 0 Å². The molecule has 0 saturated carbocycles. The van der Waals surface area contributed by atoms with Gasteiger partial charge in [-0.15, -0.1) is 0 Å². The van der Waals surface area contributed by atoms with Crippen molar-refractivity contribution in [2.45, 2.75) is 13.8 Å². The summed E-state index contributed by atoms with van der Waals surface area (Å²) in [5.74, 6) is 0.477. The van der Waals surface area contributed by atoms with Crippen molar-refractivity contribution in [1.29, 1.82) is 0 Å². The third-order valence-electron chi connectivity index (χ3n) is 2.92. The molecular weight excluding hydrogens is 248 g/mol. The van der Waals surface area contributed by atoms with Gasteiger partial charge in [-0.3, -0.25) is 0 Å². The van der Waals surface area contributed by atoms with Gasteiger partial charge in [-0.25, -0.2) is 4.79 Å². The largest absolute Gasteiger partial charge is 0.424 e. The Morgan fingerprint density at radius 3 is 2.70 bits per heavy atom. The number of carbonyl (C=O) groups is 1. The van der Waals surface area contributed by atoms with E-state index < -0.39 is 0 Å². The number of rotatable bonds is 3. The van der Waals surface area contributed by atoms with Gasteiger partial charge in [-0.05, 0) is 36.6 Å². The van der Waals surface area contributed by atoms with E-state index in [0.29, 0.717) is 5.76 Å². The minimum atomic E-state index is -0.365. The molecule has 0 saturated heterocycles. The summed E-state index contributed by atoms with van der Waals surface area (Å²) in [6, 6.07) is 7.95. The molecule has 0 spiro atoms. The Hall–Kier alpha value is -2.35. The molecule has 1 atom stereocenters. The Balaban J connectivity index is 1.97.